The zero-order chi connectivity index (χ0) is 27.3. The number of non-ortho nitro benzene ring substituents is 3. The fourth-order valence-electron chi connectivity index (χ4n) is 3.14. The number of benzene rings is 2. The number of carbonyl (C=O) groups is 2. The van der Waals surface area contributed by atoms with E-state index in [9.17, 15) is 39.9 Å². The third-order valence-corrected chi connectivity index (χ3v) is 5.01. The van der Waals surface area contributed by atoms with Crippen LogP contribution in [0.25, 0.3) is 11.3 Å². The molecule has 2 amide bonds. The Bertz CT molecular complexity index is 1410. The van der Waals surface area contributed by atoms with Crippen molar-refractivity contribution in [2.45, 2.75) is 19.9 Å². The Balaban J connectivity index is 1.63. The van der Waals surface area contributed by atoms with Crippen LogP contribution in [0.4, 0.5) is 17.1 Å². The van der Waals surface area contributed by atoms with Gasteiger partial charge in [0, 0.05) is 29.8 Å². The largest absolute Gasteiger partial charge is 0.455 e. The van der Waals surface area contributed by atoms with Gasteiger partial charge in [0.2, 0.25) is 0 Å². The summed E-state index contributed by atoms with van der Waals surface area (Å²) in [6.45, 7) is 3.01. The zero-order valence-corrected chi connectivity index (χ0v) is 19.2. The normalized spacial score (nSPS) is 11.6. The van der Waals surface area contributed by atoms with Gasteiger partial charge in [-0.05, 0) is 37.6 Å². The van der Waals surface area contributed by atoms with Crippen molar-refractivity contribution in [1.29, 1.82) is 0 Å². The first-order valence-corrected chi connectivity index (χ1v) is 10.4. The quantitative estimate of drug-likeness (QED) is 0.245. The summed E-state index contributed by atoms with van der Waals surface area (Å²) in [7, 11) is 0. The van der Waals surface area contributed by atoms with E-state index in [0.717, 1.165) is 12.1 Å². The van der Waals surface area contributed by atoms with Gasteiger partial charge in [0.25, 0.3) is 28.9 Å². The second kappa shape index (κ2) is 10.9. The first-order valence-electron chi connectivity index (χ1n) is 10.4. The minimum Gasteiger partial charge on any atom is -0.455 e. The summed E-state index contributed by atoms with van der Waals surface area (Å²) in [6, 6.07) is 8.76. The summed E-state index contributed by atoms with van der Waals surface area (Å²) >= 11 is 0. The molecule has 3 rings (SSSR count). The van der Waals surface area contributed by atoms with Crippen LogP contribution in [0.15, 0.2) is 58.0 Å². The topological polar surface area (TPSA) is 213 Å². The first kappa shape index (κ1) is 26.1. The molecular weight excluding hydrogens is 492 g/mol. The molecule has 2 N–H and O–H groups in total. The number of hydrogen-bond acceptors (Lipinski definition) is 10. The lowest BCUT2D eigenvalue weighted by molar-refractivity contribution is -0.394. The van der Waals surface area contributed by atoms with Crippen LogP contribution in [-0.2, 0) is 4.79 Å². The van der Waals surface area contributed by atoms with Gasteiger partial charge in [0.1, 0.15) is 17.6 Å². The maximum absolute atomic E-state index is 12.4. The van der Waals surface area contributed by atoms with E-state index in [1.54, 1.807) is 25.1 Å². The van der Waals surface area contributed by atoms with Gasteiger partial charge >= 0.3 is 0 Å². The summed E-state index contributed by atoms with van der Waals surface area (Å²) in [4.78, 5) is 55.3. The van der Waals surface area contributed by atoms with E-state index in [-0.39, 0.29) is 17.0 Å². The van der Waals surface area contributed by atoms with Crippen molar-refractivity contribution in [2.75, 3.05) is 0 Å². The van der Waals surface area contributed by atoms with Crippen LogP contribution in [0.1, 0.15) is 28.6 Å². The molecule has 1 heterocycles. The molecule has 0 aliphatic carbocycles. The monoisotopic (exact) mass is 510 g/mol. The highest BCUT2D eigenvalue weighted by atomic mass is 16.6. The summed E-state index contributed by atoms with van der Waals surface area (Å²) in [5.41, 5.74) is 1.73. The summed E-state index contributed by atoms with van der Waals surface area (Å²) in [5, 5.41) is 38.9. The van der Waals surface area contributed by atoms with Gasteiger partial charge < -0.3 is 9.73 Å². The molecule has 15 heteroatoms. The van der Waals surface area contributed by atoms with E-state index < -0.39 is 44.0 Å². The maximum atomic E-state index is 12.4. The Kier molecular flexibility index (Phi) is 7.67. The van der Waals surface area contributed by atoms with Crippen LogP contribution in [0.2, 0.25) is 0 Å². The predicted molar refractivity (Wildman–Crippen MR) is 128 cm³/mol. The second-order valence-electron chi connectivity index (χ2n) is 7.64. The molecular formula is C22H18N6O9. The molecule has 0 saturated heterocycles. The lowest BCUT2D eigenvalue weighted by Gasteiger charge is -2.12. The highest BCUT2D eigenvalue weighted by Crippen LogP contribution is 2.28. The minimum atomic E-state index is -1.15. The number of nitrogens with zero attached hydrogens (tertiary/aromatic N) is 4. The molecule has 1 aromatic heterocycles. The van der Waals surface area contributed by atoms with Crippen LogP contribution >= 0.6 is 0 Å². The molecule has 37 heavy (non-hydrogen) atoms. The lowest BCUT2D eigenvalue weighted by atomic mass is 10.1. The number of nitro benzene ring substituents is 3. The van der Waals surface area contributed by atoms with Crippen LogP contribution in [0, 0.1) is 37.3 Å². The molecule has 0 spiro atoms. The lowest BCUT2D eigenvalue weighted by Crippen LogP contribution is -2.43. The van der Waals surface area contributed by atoms with Crippen molar-refractivity contribution in [3.8, 4) is 11.3 Å². The molecule has 0 radical (unpaired) electrons. The smallest absolute Gasteiger partial charge is 0.277 e. The summed E-state index contributed by atoms with van der Waals surface area (Å²) < 4.78 is 5.63. The minimum absolute atomic E-state index is 0.0535. The molecule has 2 aromatic carbocycles. The summed E-state index contributed by atoms with van der Waals surface area (Å²) in [6.07, 6.45) is 1.20. The number of aryl methyl sites for hydroxylation is 1. The van der Waals surface area contributed by atoms with Gasteiger partial charge in [0.15, 0.2) is 0 Å². The molecule has 0 fully saturated rings. The fourth-order valence-corrected chi connectivity index (χ4v) is 3.14. The van der Waals surface area contributed by atoms with E-state index >= 15 is 0 Å². The van der Waals surface area contributed by atoms with Crippen molar-refractivity contribution in [3.63, 3.8) is 0 Å². The Morgan fingerprint density at radius 1 is 0.919 bits per heavy atom. The Morgan fingerprint density at radius 3 is 2.11 bits per heavy atom. The van der Waals surface area contributed by atoms with Gasteiger partial charge in [0.05, 0.1) is 32.6 Å². The van der Waals surface area contributed by atoms with Gasteiger partial charge in [-0.15, -0.1) is 0 Å². The standard InChI is InChI=1S/C22H18N6O9/c1-12-7-15(26(31)32)3-5-19(12)20-6-4-18(37-20)11-23-25-21(29)13(2)24-22(30)14-8-16(27(33)34)10-17(9-14)28(35)36/h3-11,13H,1-2H3,(H,24,30)(H,25,29)/b23-11-/t13-/m1/s1. The second-order valence-corrected chi connectivity index (χ2v) is 7.64. The number of carbonyl (C=O) groups excluding carboxylic acids is 2. The van der Waals surface area contributed by atoms with E-state index in [2.05, 4.69) is 15.8 Å². The maximum Gasteiger partial charge on any atom is 0.277 e. The number of nitro groups is 3. The average molecular weight is 510 g/mol. The molecule has 0 aliphatic rings. The van der Waals surface area contributed by atoms with Crippen molar-refractivity contribution in [2.24, 2.45) is 5.10 Å². The van der Waals surface area contributed by atoms with Crippen LogP contribution in [-0.4, -0.2) is 38.8 Å². The molecule has 0 unspecified atom stereocenters. The average Bonchev–Trinajstić information content (AvgIpc) is 3.31. The number of hydrazone groups is 1. The number of hydrogen-bond donors (Lipinski definition) is 2. The van der Waals surface area contributed by atoms with Crippen LogP contribution in [0.3, 0.4) is 0 Å². The van der Waals surface area contributed by atoms with Crippen molar-refractivity contribution < 1.29 is 28.8 Å². The number of furan rings is 1. The number of amides is 2. The van der Waals surface area contributed by atoms with E-state index in [1.165, 1.54) is 25.3 Å². The zero-order valence-electron chi connectivity index (χ0n) is 19.2. The molecule has 0 saturated carbocycles. The molecule has 190 valence electrons. The van der Waals surface area contributed by atoms with Crippen molar-refractivity contribution in [1.82, 2.24) is 10.7 Å². The van der Waals surface area contributed by atoms with E-state index in [1.807, 2.05) is 0 Å². The predicted octanol–water partition coefficient (Wildman–Crippen LogP) is 3.25. The molecule has 0 bridgehead atoms. The molecule has 15 nitrogen and oxygen atoms in total. The highest BCUT2D eigenvalue weighted by molar-refractivity contribution is 5.98. The van der Waals surface area contributed by atoms with E-state index in [0.29, 0.717) is 23.0 Å². The number of rotatable bonds is 9. The van der Waals surface area contributed by atoms with Crippen LogP contribution in [0.5, 0.6) is 0 Å². The van der Waals surface area contributed by atoms with Crippen molar-refractivity contribution in [3.05, 3.63) is 95.8 Å². The fraction of sp³-hybridized carbons (Fsp3) is 0.136. The van der Waals surface area contributed by atoms with Gasteiger partial charge in [-0.25, -0.2) is 5.43 Å². The van der Waals surface area contributed by atoms with Gasteiger partial charge in [-0.1, -0.05) is 0 Å². The van der Waals surface area contributed by atoms with E-state index in [4.69, 9.17) is 4.42 Å². The third-order valence-electron chi connectivity index (χ3n) is 5.01. The van der Waals surface area contributed by atoms with Gasteiger partial charge in [-0.2, -0.15) is 5.10 Å². The van der Waals surface area contributed by atoms with Gasteiger partial charge in [-0.3, -0.25) is 39.9 Å². The SMILES string of the molecule is Cc1cc([N+](=O)[O-])ccc1-c1ccc(/C=N\NC(=O)[C@@H](C)NC(=O)c2cc([N+](=O)[O-])cc([N+](=O)[O-])c2)o1. The molecule has 1 atom stereocenters. The molecule has 0 aliphatic heterocycles. The Hall–Kier alpha value is -5.47. The summed E-state index contributed by atoms with van der Waals surface area (Å²) in [5.74, 6) is -1.00. The van der Waals surface area contributed by atoms with Crippen molar-refractivity contribution >= 4 is 35.1 Å². The van der Waals surface area contributed by atoms with Crippen LogP contribution < -0.4 is 10.7 Å². The highest BCUT2D eigenvalue weighted by Gasteiger charge is 2.22. The number of nitrogens with one attached hydrogen (secondary N) is 2. The molecule has 3 aromatic rings. The Morgan fingerprint density at radius 2 is 1.54 bits per heavy atom. The third kappa shape index (κ3) is 6.36. The first-order chi connectivity index (χ1) is 17.5. The Labute approximate surface area is 207 Å².